The summed E-state index contributed by atoms with van der Waals surface area (Å²) in [5.74, 6) is -0.0277. The zero-order valence-electron chi connectivity index (χ0n) is 22.9. The third kappa shape index (κ3) is 5.86. The summed E-state index contributed by atoms with van der Waals surface area (Å²) in [6, 6.07) is 15.5. The molecule has 3 aliphatic rings. The lowest BCUT2D eigenvalue weighted by Gasteiger charge is -2.30. The summed E-state index contributed by atoms with van der Waals surface area (Å²) in [5, 5.41) is 2.28. The lowest BCUT2D eigenvalue weighted by Crippen LogP contribution is -2.38. The van der Waals surface area contributed by atoms with Gasteiger partial charge in [-0.1, -0.05) is 25.5 Å². The Morgan fingerprint density at radius 3 is 2.46 bits per heavy atom. The second kappa shape index (κ2) is 11.7. The van der Waals surface area contributed by atoms with Crippen molar-refractivity contribution in [2.24, 2.45) is 17.8 Å². The fraction of sp³-hybridized carbons (Fsp3) is 0.433. The summed E-state index contributed by atoms with van der Waals surface area (Å²) in [4.78, 5) is 17.1. The minimum Gasteiger partial charge on any atom is -0.399 e. The fourth-order valence-corrected chi connectivity index (χ4v) is 8.11. The molecule has 2 unspecified atom stereocenters. The lowest BCUT2D eigenvalue weighted by molar-refractivity contribution is 0.122. The number of carbonyl (C=O) groups excluding carboxylic acids is 1. The molecule has 6 rings (SSSR count). The first kappa shape index (κ1) is 28.1. The average molecular weight is 600 g/mol. The molecule has 3 heterocycles. The first-order valence-corrected chi connectivity index (χ1v) is 16.4. The van der Waals surface area contributed by atoms with E-state index in [1.807, 2.05) is 22.4 Å². The van der Waals surface area contributed by atoms with E-state index in [0.29, 0.717) is 67.3 Å². The zero-order valence-corrected chi connectivity index (χ0v) is 24.6. The van der Waals surface area contributed by atoms with Crippen LogP contribution in [0.15, 0.2) is 64.9 Å². The van der Waals surface area contributed by atoms with Gasteiger partial charge in [0.25, 0.3) is 0 Å². The van der Waals surface area contributed by atoms with Crippen molar-refractivity contribution in [3.63, 3.8) is 0 Å². The molecule has 1 aromatic heterocycles. The molecule has 2 atom stereocenters. The third-order valence-corrected chi connectivity index (χ3v) is 10.9. The number of aryl methyl sites for hydroxylation is 1. The number of sulfonamides is 1. The molecule has 8 nitrogen and oxygen atoms in total. The van der Waals surface area contributed by atoms with Crippen molar-refractivity contribution in [1.29, 1.82) is 0 Å². The van der Waals surface area contributed by atoms with Gasteiger partial charge in [0.2, 0.25) is 10.0 Å². The van der Waals surface area contributed by atoms with Gasteiger partial charge in [0, 0.05) is 32.7 Å². The maximum absolute atomic E-state index is 15.3. The number of benzene rings is 2. The predicted molar refractivity (Wildman–Crippen MR) is 157 cm³/mol. The highest BCUT2D eigenvalue weighted by atomic mass is 32.2. The molecule has 2 aromatic carbocycles. The number of piperidine rings is 1. The Morgan fingerprint density at radius 2 is 1.83 bits per heavy atom. The van der Waals surface area contributed by atoms with Crippen molar-refractivity contribution in [3.8, 4) is 5.06 Å². The first-order chi connectivity index (χ1) is 19.8. The van der Waals surface area contributed by atoms with E-state index in [1.54, 1.807) is 40.7 Å². The van der Waals surface area contributed by atoms with Gasteiger partial charge in [-0.3, -0.25) is 4.90 Å². The summed E-state index contributed by atoms with van der Waals surface area (Å²) in [6.45, 7) is 5.54. The fourth-order valence-electron chi connectivity index (χ4n) is 6.03. The third-order valence-electron chi connectivity index (χ3n) is 8.33. The van der Waals surface area contributed by atoms with Gasteiger partial charge in [0.15, 0.2) is 5.06 Å². The van der Waals surface area contributed by atoms with Crippen molar-refractivity contribution in [2.75, 3.05) is 55.7 Å². The highest BCUT2D eigenvalue weighted by Crippen LogP contribution is 2.53. The van der Waals surface area contributed by atoms with Gasteiger partial charge in [0.1, 0.15) is 5.82 Å². The van der Waals surface area contributed by atoms with Crippen LogP contribution in [-0.2, 0) is 21.2 Å². The Kier molecular flexibility index (Phi) is 8.04. The molecule has 41 heavy (non-hydrogen) atoms. The molecule has 0 spiro atoms. The summed E-state index contributed by atoms with van der Waals surface area (Å²) in [5.41, 5.74) is 2.03. The first-order valence-electron chi connectivity index (χ1n) is 14.1. The quantitative estimate of drug-likeness (QED) is 0.335. The highest BCUT2D eigenvalue weighted by molar-refractivity contribution is 7.89. The van der Waals surface area contributed by atoms with E-state index in [-0.39, 0.29) is 17.8 Å². The molecule has 0 N–H and O–H groups in total. The Hall–Kier alpha value is -2.99. The minimum absolute atomic E-state index is 0.103. The van der Waals surface area contributed by atoms with E-state index in [0.717, 1.165) is 18.4 Å². The van der Waals surface area contributed by atoms with Gasteiger partial charge in [0.05, 0.1) is 29.5 Å². The van der Waals surface area contributed by atoms with E-state index in [9.17, 15) is 13.2 Å². The van der Waals surface area contributed by atoms with Crippen LogP contribution in [0.5, 0.6) is 5.06 Å². The maximum Gasteiger partial charge on any atom is 0.420 e. The van der Waals surface area contributed by atoms with Crippen LogP contribution in [0.25, 0.3) is 0 Å². The van der Waals surface area contributed by atoms with Crippen molar-refractivity contribution in [3.05, 3.63) is 71.4 Å². The van der Waals surface area contributed by atoms with Crippen molar-refractivity contribution in [2.45, 2.75) is 24.7 Å². The summed E-state index contributed by atoms with van der Waals surface area (Å²) in [6.07, 6.45) is 1.35. The number of hydrogen-bond acceptors (Lipinski definition) is 7. The van der Waals surface area contributed by atoms with Crippen LogP contribution in [0.3, 0.4) is 0 Å². The smallest absolute Gasteiger partial charge is 0.399 e. The minimum atomic E-state index is -3.58. The van der Waals surface area contributed by atoms with Crippen molar-refractivity contribution < 1.29 is 27.1 Å². The van der Waals surface area contributed by atoms with E-state index in [2.05, 4.69) is 6.92 Å². The average Bonchev–Trinajstić information content (AvgIpc) is 3.33. The number of ether oxygens (including phenoxy) is 2. The van der Waals surface area contributed by atoms with E-state index in [1.165, 1.54) is 22.3 Å². The number of amides is 1. The molecule has 1 aliphatic carbocycles. The summed E-state index contributed by atoms with van der Waals surface area (Å²) in [7, 11) is -3.58. The van der Waals surface area contributed by atoms with Crippen LogP contribution < -0.4 is 14.5 Å². The normalized spacial score (nSPS) is 22.4. The Balaban J connectivity index is 1.16. The van der Waals surface area contributed by atoms with Gasteiger partial charge in [-0.25, -0.2) is 17.6 Å². The van der Waals surface area contributed by atoms with Crippen molar-refractivity contribution in [1.82, 2.24) is 4.31 Å². The molecule has 0 bridgehead atoms. The second-order valence-electron chi connectivity index (χ2n) is 10.9. The number of hydrogen-bond donors (Lipinski definition) is 0. The second-order valence-corrected chi connectivity index (χ2v) is 13.7. The standard InChI is InChI=1S/C30H34FN3O5S2/c1-2-4-21-6-9-23(10-7-21)41(36,37)33-18-24-25(19-33)26(24)20-34(30(35)39-29-5-3-16-40-29)22-8-11-28(27(31)17-22)32-12-14-38-15-13-32/h3,5-11,16-17,24-26H,2,4,12-15,18-20H2,1H3. The van der Waals surface area contributed by atoms with E-state index in [4.69, 9.17) is 9.47 Å². The number of morpholine rings is 1. The van der Waals surface area contributed by atoms with Gasteiger partial charge < -0.3 is 14.4 Å². The highest BCUT2D eigenvalue weighted by Gasteiger charge is 2.58. The predicted octanol–water partition coefficient (Wildman–Crippen LogP) is 5.25. The molecule has 11 heteroatoms. The SMILES string of the molecule is CCCc1ccc(S(=O)(=O)N2CC3C(CN(C(=O)Oc4cccs4)c4ccc(N5CCOCC5)c(F)c4)C3C2)cc1. The Bertz CT molecular complexity index is 1460. The number of anilines is 2. The molecule has 1 saturated carbocycles. The van der Waals surface area contributed by atoms with E-state index < -0.39 is 21.9 Å². The van der Waals surface area contributed by atoms with Crippen LogP contribution in [-0.4, -0.2) is 64.8 Å². The summed E-state index contributed by atoms with van der Waals surface area (Å²) >= 11 is 1.31. The Labute approximate surface area is 244 Å². The monoisotopic (exact) mass is 599 g/mol. The van der Waals surface area contributed by atoms with Crippen LogP contribution in [0, 0.1) is 23.6 Å². The number of halogens is 1. The van der Waals surface area contributed by atoms with Gasteiger partial charge in [-0.05, 0) is 77.6 Å². The number of carbonyl (C=O) groups is 1. The molecule has 3 fully saturated rings. The van der Waals surface area contributed by atoms with Gasteiger partial charge in [-0.15, -0.1) is 11.3 Å². The molecular formula is C30H34FN3O5S2. The molecule has 1 amide bonds. The van der Waals surface area contributed by atoms with Crippen LogP contribution in [0.2, 0.25) is 0 Å². The topological polar surface area (TPSA) is 79.4 Å². The Morgan fingerprint density at radius 1 is 1.10 bits per heavy atom. The van der Waals surface area contributed by atoms with Crippen molar-refractivity contribution >= 4 is 38.8 Å². The number of rotatable bonds is 9. The summed E-state index contributed by atoms with van der Waals surface area (Å²) < 4.78 is 54.4. The van der Waals surface area contributed by atoms with Crippen LogP contribution in [0.4, 0.5) is 20.6 Å². The molecule has 2 aliphatic heterocycles. The largest absolute Gasteiger partial charge is 0.420 e. The molecular weight excluding hydrogens is 565 g/mol. The molecule has 218 valence electrons. The molecule has 3 aromatic rings. The lowest BCUT2D eigenvalue weighted by atomic mass is 10.1. The molecule has 2 saturated heterocycles. The number of fused-ring (bicyclic) bond motifs is 1. The number of nitrogens with zero attached hydrogens (tertiary/aromatic N) is 3. The number of thiophene rings is 1. The van der Waals surface area contributed by atoms with Gasteiger partial charge in [-0.2, -0.15) is 4.31 Å². The van der Waals surface area contributed by atoms with E-state index >= 15 is 4.39 Å². The van der Waals surface area contributed by atoms with Crippen LogP contribution >= 0.6 is 11.3 Å². The molecule has 0 radical (unpaired) electrons. The van der Waals surface area contributed by atoms with Gasteiger partial charge >= 0.3 is 6.09 Å². The van der Waals surface area contributed by atoms with Crippen LogP contribution in [0.1, 0.15) is 18.9 Å². The zero-order chi connectivity index (χ0) is 28.6. The maximum atomic E-state index is 15.3.